The largest absolute Gasteiger partial charge is 0.508 e. The minimum absolute atomic E-state index is 0.0486. The third kappa shape index (κ3) is 7.55. The van der Waals surface area contributed by atoms with Crippen LogP contribution >= 0.6 is 0 Å². The predicted molar refractivity (Wildman–Crippen MR) is 47.2 cm³/mol. The van der Waals surface area contributed by atoms with Crippen LogP contribution in [-0.2, 0) is 9.47 Å². The lowest BCUT2D eigenvalue weighted by Gasteiger charge is -2.12. The zero-order chi connectivity index (χ0) is 10.5. The summed E-state index contributed by atoms with van der Waals surface area (Å²) in [5, 5.41) is 8.28. The van der Waals surface area contributed by atoms with Gasteiger partial charge in [-0.3, -0.25) is 0 Å². The van der Waals surface area contributed by atoms with Gasteiger partial charge in [-0.15, -0.1) is 0 Å². The number of hydrogen-bond acceptors (Lipinski definition) is 5. The summed E-state index contributed by atoms with van der Waals surface area (Å²) in [5.74, 6) is 0. The first kappa shape index (κ1) is 12.2. The van der Waals surface area contributed by atoms with Gasteiger partial charge < -0.3 is 20.3 Å². The molecule has 5 heteroatoms. The molecule has 1 atom stereocenters. The van der Waals surface area contributed by atoms with Gasteiger partial charge in [-0.2, -0.15) is 0 Å². The van der Waals surface area contributed by atoms with Gasteiger partial charge in [0.2, 0.25) is 0 Å². The van der Waals surface area contributed by atoms with E-state index in [4.69, 9.17) is 10.8 Å². The SMILES string of the molecule is CC(C)(N)CO.CC1COC(=O)O1. The van der Waals surface area contributed by atoms with Crippen molar-refractivity contribution in [3.8, 4) is 0 Å². The van der Waals surface area contributed by atoms with Crippen molar-refractivity contribution in [2.45, 2.75) is 32.4 Å². The Labute approximate surface area is 77.8 Å². The highest BCUT2D eigenvalue weighted by molar-refractivity contribution is 5.61. The molecule has 3 N–H and O–H groups in total. The molecule has 0 bridgehead atoms. The molecule has 0 aromatic carbocycles. The molecular formula is C8H17NO4. The van der Waals surface area contributed by atoms with Gasteiger partial charge in [0.1, 0.15) is 12.7 Å². The summed E-state index contributed by atoms with van der Waals surface area (Å²) in [5.41, 5.74) is 4.88. The van der Waals surface area contributed by atoms with Crippen LogP contribution in [0.2, 0.25) is 0 Å². The van der Waals surface area contributed by atoms with Gasteiger partial charge in [-0.25, -0.2) is 4.79 Å². The van der Waals surface area contributed by atoms with Gasteiger partial charge in [0.15, 0.2) is 0 Å². The molecule has 0 amide bonds. The van der Waals surface area contributed by atoms with Crippen molar-refractivity contribution in [1.82, 2.24) is 0 Å². The van der Waals surface area contributed by atoms with Crippen LogP contribution < -0.4 is 5.73 Å². The van der Waals surface area contributed by atoms with Crippen molar-refractivity contribution in [1.29, 1.82) is 0 Å². The summed E-state index contributed by atoms with van der Waals surface area (Å²) in [6.07, 6.45) is -0.597. The molecule has 1 rings (SSSR count). The second-order valence-corrected chi connectivity index (χ2v) is 3.64. The molecule has 0 aliphatic carbocycles. The van der Waals surface area contributed by atoms with Crippen molar-refractivity contribution in [3.63, 3.8) is 0 Å². The number of ether oxygens (including phenoxy) is 2. The Morgan fingerprint density at radius 2 is 2.15 bits per heavy atom. The van der Waals surface area contributed by atoms with E-state index in [9.17, 15) is 4.79 Å². The predicted octanol–water partition coefficient (Wildman–Crippen LogP) is 0.258. The van der Waals surface area contributed by atoms with Crippen LogP contribution in [0, 0.1) is 0 Å². The number of rotatable bonds is 1. The average molecular weight is 191 g/mol. The minimum Gasteiger partial charge on any atom is -0.430 e. The monoisotopic (exact) mass is 191 g/mol. The third-order valence-corrected chi connectivity index (χ3v) is 1.14. The lowest BCUT2D eigenvalue weighted by Crippen LogP contribution is -2.35. The minimum atomic E-state index is -0.549. The van der Waals surface area contributed by atoms with Crippen LogP contribution in [0.1, 0.15) is 20.8 Å². The summed E-state index contributed by atoms with van der Waals surface area (Å²) in [6, 6.07) is 0. The number of carbonyl (C=O) groups excluding carboxylic acids is 1. The number of nitrogens with two attached hydrogens (primary N) is 1. The highest BCUT2D eigenvalue weighted by atomic mass is 16.8. The highest BCUT2D eigenvalue weighted by Gasteiger charge is 2.19. The van der Waals surface area contributed by atoms with E-state index in [-0.39, 0.29) is 12.7 Å². The Morgan fingerprint density at radius 3 is 2.23 bits per heavy atom. The normalized spacial score (nSPS) is 21.3. The Hall–Kier alpha value is -0.810. The average Bonchev–Trinajstić information content (AvgIpc) is 2.34. The fourth-order valence-corrected chi connectivity index (χ4v) is 0.418. The van der Waals surface area contributed by atoms with Crippen LogP contribution in [0.25, 0.3) is 0 Å². The Kier molecular flexibility index (Phi) is 4.72. The van der Waals surface area contributed by atoms with Crippen molar-refractivity contribution in [2.75, 3.05) is 13.2 Å². The van der Waals surface area contributed by atoms with E-state index in [0.29, 0.717) is 6.61 Å². The topological polar surface area (TPSA) is 81.8 Å². The smallest absolute Gasteiger partial charge is 0.430 e. The van der Waals surface area contributed by atoms with Crippen LogP contribution in [0.3, 0.4) is 0 Å². The molecule has 1 saturated heterocycles. The second kappa shape index (κ2) is 5.04. The van der Waals surface area contributed by atoms with E-state index in [2.05, 4.69) is 9.47 Å². The van der Waals surface area contributed by atoms with Gasteiger partial charge in [0, 0.05) is 5.54 Å². The van der Waals surface area contributed by atoms with Crippen molar-refractivity contribution in [3.05, 3.63) is 0 Å². The molecule has 78 valence electrons. The molecule has 1 heterocycles. The van der Waals surface area contributed by atoms with E-state index in [1.165, 1.54) is 0 Å². The molecule has 1 aliphatic heterocycles. The quantitative estimate of drug-likeness (QED) is 0.581. The molecule has 0 radical (unpaired) electrons. The van der Waals surface area contributed by atoms with Gasteiger partial charge in [-0.1, -0.05) is 0 Å². The fourth-order valence-electron chi connectivity index (χ4n) is 0.418. The summed E-state index contributed by atoms with van der Waals surface area (Å²) < 4.78 is 8.90. The fraction of sp³-hybridized carbons (Fsp3) is 0.875. The van der Waals surface area contributed by atoms with E-state index < -0.39 is 11.7 Å². The van der Waals surface area contributed by atoms with Crippen LogP contribution in [0.15, 0.2) is 0 Å². The maximum absolute atomic E-state index is 10.0. The summed E-state index contributed by atoms with van der Waals surface area (Å²) in [4.78, 5) is 10.0. The van der Waals surface area contributed by atoms with E-state index >= 15 is 0 Å². The van der Waals surface area contributed by atoms with Gasteiger partial charge in [-0.05, 0) is 20.8 Å². The molecular weight excluding hydrogens is 174 g/mol. The third-order valence-electron chi connectivity index (χ3n) is 1.14. The van der Waals surface area contributed by atoms with Crippen molar-refractivity contribution < 1.29 is 19.4 Å². The maximum Gasteiger partial charge on any atom is 0.508 e. The number of aliphatic hydroxyl groups excluding tert-OH is 1. The first-order chi connectivity index (χ1) is 5.85. The summed E-state index contributed by atoms with van der Waals surface area (Å²) in [7, 11) is 0. The zero-order valence-electron chi connectivity index (χ0n) is 8.24. The van der Waals surface area contributed by atoms with Gasteiger partial charge in [0.05, 0.1) is 6.61 Å². The zero-order valence-corrected chi connectivity index (χ0v) is 8.24. The Balaban J connectivity index is 0.000000226. The number of aliphatic hydroxyl groups is 1. The maximum atomic E-state index is 10.0. The lowest BCUT2D eigenvalue weighted by atomic mass is 10.1. The second-order valence-electron chi connectivity index (χ2n) is 3.64. The van der Waals surface area contributed by atoms with Gasteiger partial charge >= 0.3 is 6.16 Å². The van der Waals surface area contributed by atoms with Crippen LogP contribution in [-0.4, -0.2) is 36.1 Å². The highest BCUT2D eigenvalue weighted by Crippen LogP contribution is 2.02. The van der Waals surface area contributed by atoms with Gasteiger partial charge in [0.25, 0.3) is 0 Å². The van der Waals surface area contributed by atoms with Crippen LogP contribution in [0.5, 0.6) is 0 Å². The molecule has 1 fully saturated rings. The molecule has 13 heavy (non-hydrogen) atoms. The van der Waals surface area contributed by atoms with E-state index in [0.717, 1.165) is 0 Å². The van der Waals surface area contributed by atoms with Crippen molar-refractivity contribution in [2.24, 2.45) is 5.73 Å². The molecule has 1 aliphatic rings. The number of carbonyl (C=O) groups is 1. The Morgan fingerprint density at radius 1 is 1.69 bits per heavy atom. The summed E-state index contributed by atoms with van der Waals surface area (Å²) in [6.45, 7) is 5.77. The molecule has 0 aromatic rings. The molecule has 5 nitrogen and oxygen atoms in total. The number of cyclic esters (lactones) is 2. The molecule has 0 aromatic heterocycles. The number of hydrogen-bond donors (Lipinski definition) is 2. The van der Waals surface area contributed by atoms with E-state index in [1.807, 2.05) is 0 Å². The molecule has 1 unspecified atom stereocenters. The molecule has 0 saturated carbocycles. The summed E-state index contributed by atoms with van der Waals surface area (Å²) >= 11 is 0. The van der Waals surface area contributed by atoms with E-state index in [1.54, 1.807) is 20.8 Å². The first-order valence-electron chi connectivity index (χ1n) is 4.08. The molecule has 0 spiro atoms. The van der Waals surface area contributed by atoms with Crippen molar-refractivity contribution >= 4 is 6.16 Å². The standard InChI is InChI=1S/C4H11NO.C4H6O3/c1-4(2,5)3-6;1-3-2-6-4(5)7-3/h6H,3,5H2,1-2H3;3H,2H2,1H3. The first-order valence-corrected chi connectivity index (χ1v) is 4.08. The lowest BCUT2D eigenvalue weighted by molar-refractivity contribution is 0.121. The Bertz CT molecular complexity index is 164. The van der Waals surface area contributed by atoms with Crippen LogP contribution in [0.4, 0.5) is 4.79 Å².